The average Bonchev–Trinajstić information content (AvgIpc) is 2.52. The fraction of sp³-hybridized carbons (Fsp3) is 0.400. The highest BCUT2D eigenvalue weighted by Gasteiger charge is 1.96. The fourth-order valence-corrected chi connectivity index (χ4v) is 1.85. The molecule has 2 rings (SSSR count). The van der Waals surface area contributed by atoms with Crippen LogP contribution >= 0.6 is 0 Å². The van der Waals surface area contributed by atoms with Gasteiger partial charge >= 0.3 is 0 Å². The van der Waals surface area contributed by atoms with Crippen molar-refractivity contribution < 1.29 is 0 Å². The maximum atomic E-state index is 4.20. The van der Waals surface area contributed by atoms with E-state index in [1.54, 1.807) is 12.5 Å². The first-order valence-electron chi connectivity index (χ1n) is 7.03. The Morgan fingerprint density at radius 1 is 1.20 bits per heavy atom. The van der Waals surface area contributed by atoms with E-state index in [1.165, 1.54) is 5.56 Å². The molecule has 0 saturated heterocycles. The molecule has 0 radical (unpaired) electrons. The van der Waals surface area contributed by atoms with E-state index in [4.69, 9.17) is 0 Å². The van der Waals surface area contributed by atoms with Crippen LogP contribution in [-0.4, -0.2) is 28.0 Å². The van der Waals surface area contributed by atoms with E-state index in [2.05, 4.69) is 38.6 Å². The molecule has 0 aliphatic carbocycles. The summed E-state index contributed by atoms with van der Waals surface area (Å²) in [6.07, 6.45) is 7.27. The zero-order valence-corrected chi connectivity index (χ0v) is 11.8. The van der Waals surface area contributed by atoms with Gasteiger partial charge in [0, 0.05) is 37.2 Å². The minimum absolute atomic E-state index is 0.862. The molecule has 0 saturated carbocycles. The lowest BCUT2D eigenvalue weighted by atomic mass is 10.3. The van der Waals surface area contributed by atoms with Gasteiger partial charge in [-0.15, -0.1) is 0 Å². The Morgan fingerprint density at radius 3 is 2.95 bits per heavy atom. The Morgan fingerprint density at radius 2 is 2.15 bits per heavy atom. The molecular formula is C15H21N5. The fourth-order valence-electron chi connectivity index (χ4n) is 1.85. The van der Waals surface area contributed by atoms with Gasteiger partial charge in [-0.3, -0.25) is 4.98 Å². The van der Waals surface area contributed by atoms with Gasteiger partial charge in [-0.1, -0.05) is 13.0 Å². The van der Waals surface area contributed by atoms with Crippen molar-refractivity contribution in [3.63, 3.8) is 0 Å². The number of hydrogen-bond donors (Lipinski definition) is 2. The predicted molar refractivity (Wildman–Crippen MR) is 80.5 cm³/mol. The SMILES string of the molecule is CCc1cc(NCCCNCc2cccnc2)ncn1. The zero-order valence-electron chi connectivity index (χ0n) is 11.8. The molecule has 5 nitrogen and oxygen atoms in total. The van der Waals surface area contributed by atoms with Crippen molar-refractivity contribution >= 4 is 5.82 Å². The first-order valence-corrected chi connectivity index (χ1v) is 7.03. The number of nitrogens with zero attached hydrogens (tertiary/aromatic N) is 3. The summed E-state index contributed by atoms with van der Waals surface area (Å²) in [5, 5.41) is 6.71. The quantitative estimate of drug-likeness (QED) is 0.719. The zero-order chi connectivity index (χ0) is 14.0. The summed E-state index contributed by atoms with van der Waals surface area (Å²) in [5.41, 5.74) is 2.28. The maximum Gasteiger partial charge on any atom is 0.129 e. The van der Waals surface area contributed by atoms with Crippen LogP contribution in [0.15, 0.2) is 36.9 Å². The summed E-state index contributed by atoms with van der Waals surface area (Å²) in [6.45, 7) is 4.82. The highest BCUT2D eigenvalue weighted by Crippen LogP contribution is 2.04. The molecule has 20 heavy (non-hydrogen) atoms. The third-order valence-electron chi connectivity index (χ3n) is 2.97. The number of anilines is 1. The van der Waals surface area contributed by atoms with Crippen LogP contribution in [0, 0.1) is 0 Å². The van der Waals surface area contributed by atoms with E-state index in [0.717, 1.165) is 44.0 Å². The number of aromatic nitrogens is 3. The van der Waals surface area contributed by atoms with E-state index in [1.807, 2.05) is 18.3 Å². The molecule has 0 bridgehead atoms. The summed E-state index contributed by atoms with van der Waals surface area (Å²) in [4.78, 5) is 12.5. The molecule has 2 aromatic heterocycles. The molecule has 0 spiro atoms. The predicted octanol–water partition coefficient (Wildman–Crippen LogP) is 2.03. The van der Waals surface area contributed by atoms with Gasteiger partial charge in [0.05, 0.1) is 0 Å². The molecule has 0 atom stereocenters. The van der Waals surface area contributed by atoms with Crippen LogP contribution in [0.25, 0.3) is 0 Å². The number of hydrogen-bond acceptors (Lipinski definition) is 5. The minimum Gasteiger partial charge on any atom is -0.370 e. The van der Waals surface area contributed by atoms with Crippen LogP contribution in [0.5, 0.6) is 0 Å². The van der Waals surface area contributed by atoms with Crippen LogP contribution in [0.2, 0.25) is 0 Å². The van der Waals surface area contributed by atoms with Crippen molar-refractivity contribution in [2.24, 2.45) is 0 Å². The number of pyridine rings is 1. The van der Waals surface area contributed by atoms with Crippen molar-refractivity contribution in [1.29, 1.82) is 0 Å². The summed E-state index contributed by atoms with van der Waals surface area (Å²) < 4.78 is 0. The lowest BCUT2D eigenvalue weighted by Gasteiger charge is -2.07. The lowest BCUT2D eigenvalue weighted by Crippen LogP contribution is -2.18. The maximum absolute atomic E-state index is 4.20. The first kappa shape index (κ1) is 14.4. The third kappa shape index (κ3) is 4.93. The monoisotopic (exact) mass is 271 g/mol. The van der Waals surface area contributed by atoms with Crippen molar-refractivity contribution in [2.75, 3.05) is 18.4 Å². The minimum atomic E-state index is 0.862. The smallest absolute Gasteiger partial charge is 0.129 e. The van der Waals surface area contributed by atoms with Crippen LogP contribution in [0.1, 0.15) is 24.6 Å². The number of nitrogens with one attached hydrogen (secondary N) is 2. The average molecular weight is 271 g/mol. The highest BCUT2D eigenvalue weighted by molar-refractivity contribution is 5.34. The van der Waals surface area contributed by atoms with E-state index >= 15 is 0 Å². The molecular weight excluding hydrogens is 250 g/mol. The third-order valence-corrected chi connectivity index (χ3v) is 2.97. The second-order valence-corrected chi connectivity index (χ2v) is 4.57. The molecule has 0 aliphatic heterocycles. The molecule has 0 aromatic carbocycles. The van der Waals surface area contributed by atoms with Crippen LogP contribution in [-0.2, 0) is 13.0 Å². The van der Waals surface area contributed by atoms with Crippen molar-refractivity contribution in [2.45, 2.75) is 26.3 Å². The molecule has 2 aromatic rings. The molecule has 2 heterocycles. The molecule has 2 N–H and O–H groups in total. The molecule has 0 unspecified atom stereocenters. The molecule has 5 heteroatoms. The summed E-state index contributed by atoms with van der Waals surface area (Å²) in [6, 6.07) is 6.04. The Hall–Kier alpha value is -2.01. The van der Waals surface area contributed by atoms with Gasteiger partial charge in [-0.25, -0.2) is 9.97 Å². The normalized spacial score (nSPS) is 10.4. The van der Waals surface area contributed by atoms with Crippen molar-refractivity contribution in [1.82, 2.24) is 20.3 Å². The molecule has 106 valence electrons. The molecule has 0 fully saturated rings. The van der Waals surface area contributed by atoms with Gasteiger partial charge < -0.3 is 10.6 Å². The van der Waals surface area contributed by atoms with Gasteiger partial charge in [0.15, 0.2) is 0 Å². The highest BCUT2D eigenvalue weighted by atomic mass is 15.0. The summed E-state index contributed by atoms with van der Waals surface area (Å²) in [5.74, 6) is 0.907. The molecule has 0 amide bonds. The van der Waals surface area contributed by atoms with Crippen molar-refractivity contribution in [3.8, 4) is 0 Å². The van der Waals surface area contributed by atoms with Gasteiger partial charge in [0.2, 0.25) is 0 Å². The Bertz CT molecular complexity index is 501. The Labute approximate surface area is 119 Å². The van der Waals surface area contributed by atoms with Crippen molar-refractivity contribution in [3.05, 3.63) is 48.2 Å². The number of aryl methyl sites for hydroxylation is 1. The van der Waals surface area contributed by atoms with Gasteiger partial charge in [-0.05, 0) is 31.0 Å². The topological polar surface area (TPSA) is 62.7 Å². The summed E-state index contributed by atoms with van der Waals surface area (Å²) >= 11 is 0. The van der Waals surface area contributed by atoms with E-state index in [0.29, 0.717) is 0 Å². The van der Waals surface area contributed by atoms with Gasteiger partial charge in [0.25, 0.3) is 0 Å². The first-order chi connectivity index (χ1) is 9.88. The standard InChI is InChI=1S/C15H21N5/c1-2-14-9-15(20-12-19-14)18-8-4-7-17-11-13-5-3-6-16-10-13/h3,5-6,9-10,12,17H,2,4,7-8,11H2,1H3,(H,18,19,20). The summed E-state index contributed by atoms with van der Waals surface area (Å²) in [7, 11) is 0. The Balaban J connectivity index is 1.59. The van der Waals surface area contributed by atoms with Crippen LogP contribution in [0.4, 0.5) is 5.82 Å². The van der Waals surface area contributed by atoms with E-state index in [-0.39, 0.29) is 0 Å². The Kier molecular flexibility index (Phi) is 5.92. The second kappa shape index (κ2) is 8.22. The number of rotatable bonds is 8. The molecule has 0 aliphatic rings. The largest absolute Gasteiger partial charge is 0.370 e. The second-order valence-electron chi connectivity index (χ2n) is 4.57. The van der Waals surface area contributed by atoms with Gasteiger partial charge in [0.1, 0.15) is 12.1 Å². The van der Waals surface area contributed by atoms with E-state index in [9.17, 15) is 0 Å². The lowest BCUT2D eigenvalue weighted by molar-refractivity contribution is 0.661. The van der Waals surface area contributed by atoms with Gasteiger partial charge in [-0.2, -0.15) is 0 Å². The van der Waals surface area contributed by atoms with Crippen LogP contribution < -0.4 is 10.6 Å². The van der Waals surface area contributed by atoms with Crippen LogP contribution in [0.3, 0.4) is 0 Å². The van der Waals surface area contributed by atoms with E-state index < -0.39 is 0 Å².